The van der Waals surface area contributed by atoms with Crippen LogP contribution >= 0.6 is 0 Å². The molecule has 0 aromatic heterocycles. The second-order valence-corrected chi connectivity index (χ2v) is 7.01. The molecule has 0 aliphatic carbocycles. The van der Waals surface area contributed by atoms with E-state index in [1.54, 1.807) is 20.8 Å². The third kappa shape index (κ3) is 4.96. The van der Waals surface area contributed by atoms with Crippen LogP contribution in [0.3, 0.4) is 0 Å². The molecule has 2 rings (SSSR count). The summed E-state index contributed by atoms with van der Waals surface area (Å²) >= 11 is 0. The summed E-state index contributed by atoms with van der Waals surface area (Å²) in [5, 5.41) is 0. The van der Waals surface area contributed by atoms with Crippen LogP contribution in [-0.4, -0.2) is 35.3 Å². The van der Waals surface area contributed by atoms with E-state index in [-0.39, 0.29) is 12.6 Å². The maximum atomic E-state index is 12.4. The number of rotatable bonds is 3. The highest BCUT2D eigenvalue weighted by molar-refractivity contribution is 5.75. The Morgan fingerprint density at radius 2 is 1.92 bits per heavy atom. The van der Waals surface area contributed by atoms with E-state index in [1.807, 2.05) is 30.3 Å². The van der Waals surface area contributed by atoms with Crippen molar-refractivity contribution < 1.29 is 19.1 Å². The molecule has 0 saturated carbocycles. The normalized spacial score (nSPS) is 21.2. The summed E-state index contributed by atoms with van der Waals surface area (Å²) in [6, 6.07) is 9.46. The van der Waals surface area contributed by atoms with Crippen molar-refractivity contribution in [2.24, 2.45) is 11.7 Å². The highest BCUT2D eigenvalue weighted by Crippen LogP contribution is 2.24. The van der Waals surface area contributed by atoms with Crippen molar-refractivity contribution in [3.05, 3.63) is 35.9 Å². The fourth-order valence-corrected chi connectivity index (χ4v) is 2.65. The molecule has 0 bridgehead atoms. The number of nitrogens with zero attached hydrogens (tertiary/aromatic N) is 1. The number of carbonyl (C=O) groups excluding carboxylic acids is 2. The number of hydrogen-bond acceptors (Lipinski definition) is 5. The predicted octanol–water partition coefficient (Wildman–Crippen LogP) is 2.66. The average molecular weight is 334 g/mol. The Balaban J connectivity index is 1.94. The first-order valence-corrected chi connectivity index (χ1v) is 8.24. The van der Waals surface area contributed by atoms with Crippen molar-refractivity contribution in [1.29, 1.82) is 0 Å². The number of ether oxygens (including phenoxy) is 2. The molecule has 1 aliphatic heterocycles. The molecule has 1 aromatic rings. The minimum absolute atomic E-state index is 0.204. The molecule has 2 unspecified atom stereocenters. The van der Waals surface area contributed by atoms with E-state index >= 15 is 0 Å². The number of hydrogen-bond donors (Lipinski definition) is 1. The van der Waals surface area contributed by atoms with Crippen molar-refractivity contribution in [3.8, 4) is 0 Å². The summed E-state index contributed by atoms with van der Waals surface area (Å²) in [4.78, 5) is 26.0. The van der Waals surface area contributed by atoms with Gasteiger partial charge >= 0.3 is 12.1 Å². The first kappa shape index (κ1) is 18.3. The Kier molecular flexibility index (Phi) is 5.83. The molecule has 2 N–H and O–H groups in total. The quantitative estimate of drug-likeness (QED) is 0.859. The zero-order chi connectivity index (χ0) is 17.7. The third-order valence-corrected chi connectivity index (χ3v) is 3.84. The molecule has 1 fully saturated rings. The number of benzene rings is 1. The molecule has 0 spiro atoms. The van der Waals surface area contributed by atoms with Crippen LogP contribution in [0.2, 0.25) is 0 Å². The van der Waals surface area contributed by atoms with Crippen LogP contribution in [0, 0.1) is 5.92 Å². The molecule has 1 saturated heterocycles. The molecular weight excluding hydrogens is 308 g/mol. The van der Waals surface area contributed by atoms with Gasteiger partial charge in [-0.1, -0.05) is 30.3 Å². The van der Waals surface area contributed by atoms with Crippen molar-refractivity contribution in [3.63, 3.8) is 0 Å². The van der Waals surface area contributed by atoms with Crippen molar-refractivity contribution in [2.75, 3.05) is 6.54 Å². The van der Waals surface area contributed by atoms with Gasteiger partial charge in [-0.15, -0.1) is 0 Å². The predicted molar refractivity (Wildman–Crippen MR) is 89.9 cm³/mol. The van der Waals surface area contributed by atoms with E-state index < -0.39 is 23.8 Å². The van der Waals surface area contributed by atoms with Crippen molar-refractivity contribution >= 4 is 12.1 Å². The summed E-state index contributed by atoms with van der Waals surface area (Å²) in [6.45, 7) is 6.08. The van der Waals surface area contributed by atoms with Crippen LogP contribution in [0.25, 0.3) is 0 Å². The van der Waals surface area contributed by atoms with E-state index in [1.165, 1.54) is 4.90 Å². The second kappa shape index (κ2) is 7.66. The van der Waals surface area contributed by atoms with Gasteiger partial charge < -0.3 is 15.2 Å². The van der Waals surface area contributed by atoms with Crippen molar-refractivity contribution in [1.82, 2.24) is 4.90 Å². The first-order valence-electron chi connectivity index (χ1n) is 8.24. The number of amides is 1. The SMILES string of the molecule is CC(C)(C)OC(=O)N1CCCC(C(=O)OCc2ccccc2)C1N. The van der Waals surface area contributed by atoms with Gasteiger partial charge in [0.25, 0.3) is 0 Å². The zero-order valence-electron chi connectivity index (χ0n) is 14.5. The largest absolute Gasteiger partial charge is 0.461 e. The molecule has 24 heavy (non-hydrogen) atoms. The molecule has 6 nitrogen and oxygen atoms in total. The van der Waals surface area contributed by atoms with Gasteiger partial charge in [0, 0.05) is 6.54 Å². The lowest BCUT2D eigenvalue weighted by molar-refractivity contribution is -0.153. The smallest absolute Gasteiger partial charge is 0.411 e. The summed E-state index contributed by atoms with van der Waals surface area (Å²) in [5.41, 5.74) is 6.45. The third-order valence-electron chi connectivity index (χ3n) is 3.84. The van der Waals surface area contributed by atoms with Crippen LogP contribution in [-0.2, 0) is 20.9 Å². The van der Waals surface area contributed by atoms with Gasteiger partial charge in [-0.25, -0.2) is 4.79 Å². The molecule has 1 heterocycles. The maximum absolute atomic E-state index is 12.4. The van der Waals surface area contributed by atoms with E-state index in [9.17, 15) is 9.59 Å². The van der Waals surface area contributed by atoms with Gasteiger partial charge in [0.15, 0.2) is 0 Å². The maximum Gasteiger partial charge on any atom is 0.411 e. The fraction of sp³-hybridized carbons (Fsp3) is 0.556. The van der Waals surface area contributed by atoms with Crippen LogP contribution in [0.5, 0.6) is 0 Å². The minimum atomic E-state index is -0.725. The summed E-state index contributed by atoms with van der Waals surface area (Å²) in [6.07, 6.45) is 0.0824. The van der Waals surface area contributed by atoms with E-state index in [4.69, 9.17) is 15.2 Å². The molecule has 132 valence electrons. The summed E-state index contributed by atoms with van der Waals surface area (Å²) < 4.78 is 10.7. The van der Waals surface area contributed by atoms with Gasteiger partial charge in [0.2, 0.25) is 0 Å². The summed E-state index contributed by atoms with van der Waals surface area (Å²) in [7, 11) is 0. The molecule has 6 heteroatoms. The molecule has 1 aromatic carbocycles. The Hall–Kier alpha value is -2.08. The fourth-order valence-electron chi connectivity index (χ4n) is 2.65. The average Bonchev–Trinajstić information content (AvgIpc) is 2.52. The lowest BCUT2D eigenvalue weighted by Crippen LogP contribution is -2.56. The van der Waals surface area contributed by atoms with E-state index in [2.05, 4.69) is 0 Å². The number of piperidine rings is 1. The van der Waals surface area contributed by atoms with Gasteiger partial charge in [-0.3, -0.25) is 9.69 Å². The van der Waals surface area contributed by atoms with Gasteiger partial charge in [0.1, 0.15) is 12.2 Å². The zero-order valence-corrected chi connectivity index (χ0v) is 14.5. The topological polar surface area (TPSA) is 81.9 Å². The Labute approximate surface area is 142 Å². The number of nitrogens with two attached hydrogens (primary N) is 1. The van der Waals surface area contributed by atoms with Crippen LogP contribution in [0.4, 0.5) is 4.79 Å². The van der Waals surface area contributed by atoms with Gasteiger partial charge in [-0.05, 0) is 39.2 Å². The van der Waals surface area contributed by atoms with Crippen molar-refractivity contribution in [2.45, 2.75) is 52.0 Å². The first-order chi connectivity index (χ1) is 11.3. The molecule has 2 atom stereocenters. The lowest BCUT2D eigenvalue weighted by atomic mass is 9.95. The minimum Gasteiger partial charge on any atom is -0.461 e. The number of likely N-dealkylation sites (tertiary alicyclic amines) is 1. The van der Waals surface area contributed by atoms with E-state index in [0.717, 1.165) is 5.56 Å². The second-order valence-electron chi connectivity index (χ2n) is 7.01. The van der Waals surface area contributed by atoms with Crippen LogP contribution < -0.4 is 5.73 Å². The number of esters is 1. The standard InChI is InChI=1S/C18H26N2O4/c1-18(2,3)24-17(22)20-11-7-10-14(15(20)19)16(21)23-12-13-8-5-4-6-9-13/h4-6,8-9,14-15H,7,10-12,19H2,1-3H3. The van der Waals surface area contributed by atoms with E-state index in [0.29, 0.717) is 19.4 Å². The number of carbonyl (C=O) groups is 2. The Bertz CT molecular complexity index is 568. The Morgan fingerprint density at radius 1 is 1.25 bits per heavy atom. The monoisotopic (exact) mass is 334 g/mol. The highest BCUT2D eigenvalue weighted by Gasteiger charge is 2.38. The molecule has 1 amide bonds. The summed E-state index contributed by atoms with van der Waals surface area (Å²) in [5.74, 6) is -0.908. The molecule has 0 radical (unpaired) electrons. The molecular formula is C18H26N2O4. The van der Waals surface area contributed by atoms with Gasteiger partial charge in [-0.2, -0.15) is 0 Å². The highest BCUT2D eigenvalue weighted by atomic mass is 16.6. The van der Waals surface area contributed by atoms with Gasteiger partial charge in [0.05, 0.1) is 12.1 Å². The van der Waals surface area contributed by atoms with Crippen LogP contribution in [0.15, 0.2) is 30.3 Å². The Morgan fingerprint density at radius 3 is 2.54 bits per heavy atom. The lowest BCUT2D eigenvalue weighted by Gasteiger charge is -2.38. The van der Waals surface area contributed by atoms with Crippen LogP contribution in [0.1, 0.15) is 39.2 Å². The molecule has 1 aliphatic rings.